The Morgan fingerprint density at radius 1 is 1.50 bits per heavy atom. The molecule has 1 amide bonds. The fourth-order valence-electron chi connectivity index (χ4n) is 1.60. The highest BCUT2D eigenvalue weighted by Gasteiger charge is 2.12. The van der Waals surface area contributed by atoms with Gasteiger partial charge in [0.25, 0.3) is 5.88 Å². The van der Waals surface area contributed by atoms with Gasteiger partial charge in [-0.3, -0.25) is 0 Å². The summed E-state index contributed by atoms with van der Waals surface area (Å²) in [5.41, 5.74) is 12.1. The second-order valence-electron chi connectivity index (χ2n) is 4.15. The molecular weight excluding hydrogens is 264 g/mol. The molecule has 8 heteroatoms. The van der Waals surface area contributed by atoms with Crippen LogP contribution >= 0.6 is 0 Å². The van der Waals surface area contributed by atoms with Crippen LogP contribution in [0.1, 0.15) is 0 Å². The van der Waals surface area contributed by atoms with Crippen LogP contribution in [0.3, 0.4) is 0 Å². The Kier molecular flexibility index (Phi) is 4.26. The van der Waals surface area contributed by atoms with E-state index in [-0.39, 0.29) is 13.2 Å². The molecule has 2 aromatic rings. The van der Waals surface area contributed by atoms with Gasteiger partial charge < -0.3 is 30.8 Å². The minimum Gasteiger partial charge on any atom is -0.473 e. The van der Waals surface area contributed by atoms with E-state index in [0.717, 1.165) is 11.1 Å². The van der Waals surface area contributed by atoms with Gasteiger partial charge in [0.1, 0.15) is 13.2 Å². The topological polar surface area (TPSA) is 126 Å². The normalized spacial score (nSPS) is 12.1. The number of carbonyl (C=O) groups is 1. The summed E-state index contributed by atoms with van der Waals surface area (Å²) in [6.45, 7) is 0.103. The third-order valence-corrected chi connectivity index (χ3v) is 2.60. The SMILES string of the molecule is CNc1ccc2onc(OCC(N)COC(N)=O)c2c1. The van der Waals surface area contributed by atoms with Gasteiger partial charge >= 0.3 is 6.09 Å². The smallest absolute Gasteiger partial charge is 0.404 e. The first-order valence-electron chi connectivity index (χ1n) is 5.98. The van der Waals surface area contributed by atoms with Crippen LogP contribution in [0.2, 0.25) is 0 Å². The molecule has 0 fully saturated rings. The zero-order valence-electron chi connectivity index (χ0n) is 11.0. The maximum atomic E-state index is 10.5. The van der Waals surface area contributed by atoms with Gasteiger partial charge in [0, 0.05) is 12.7 Å². The number of hydrogen-bond acceptors (Lipinski definition) is 7. The lowest BCUT2D eigenvalue weighted by molar-refractivity contribution is 0.136. The van der Waals surface area contributed by atoms with E-state index in [1.165, 1.54) is 0 Å². The molecule has 0 radical (unpaired) electrons. The van der Waals surface area contributed by atoms with E-state index >= 15 is 0 Å². The lowest BCUT2D eigenvalue weighted by atomic mass is 10.2. The number of anilines is 1. The first kappa shape index (κ1) is 13.9. The Morgan fingerprint density at radius 2 is 2.30 bits per heavy atom. The summed E-state index contributed by atoms with van der Waals surface area (Å²) in [7, 11) is 1.81. The van der Waals surface area contributed by atoms with Gasteiger partial charge in [0.05, 0.1) is 11.4 Å². The number of benzene rings is 1. The van der Waals surface area contributed by atoms with E-state index in [9.17, 15) is 4.79 Å². The number of nitrogens with two attached hydrogens (primary N) is 2. The van der Waals surface area contributed by atoms with Crippen molar-refractivity contribution >= 4 is 22.7 Å². The van der Waals surface area contributed by atoms with Crippen molar-refractivity contribution in [3.63, 3.8) is 0 Å². The molecule has 1 heterocycles. The number of carbonyl (C=O) groups excluding carboxylic acids is 1. The molecule has 0 saturated heterocycles. The molecule has 1 aromatic heterocycles. The van der Waals surface area contributed by atoms with E-state index < -0.39 is 12.1 Å². The van der Waals surface area contributed by atoms with E-state index in [0.29, 0.717) is 11.5 Å². The molecule has 1 atom stereocenters. The number of amides is 1. The predicted octanol–water partition coefficient (Wildman–Crippen LogP) is 0.671. The summed E-state index contributed by atoms with van der Waals surface area (Å²) < 4.78 is 15.2. The van der Waals surface area contributed by atoms with Crippen LogP contribution in [0, 0.1) is 0 Å². The largest absolute Gasteiger partial charge is 0.473 e. The molecule has 1 aromatic carbocycles. The first-order valence-corrected chi connectivity index (χ1v) is 5.98. The number of primary amides is 1. The maximum absolute atomic E-state index is 10.5. The van der Waals surface area contributed by atoms with Crippen LogP contribution in [0.4, 0.5) is 10.5 Å². The molecule has 5 N–H and O–H groups in total. The number of hydrogen-bond donors (Lipinski definition) is 3. The minimum absolute atomic E-state index is 0.0209. The third-order valence-electron chi connectivity index (χ3n) is 2.60. The summed E-state index contributed by atoms with van der Waals surface area (Å²) >= 11 is 0. The Labute approximate surface area is 115 Å². The van der Waals surface area contributed by atoms with Crippen LogP contribution in [0.15, 0.2) is 22.7 Å². The predicted molar refractivity (Wildman–Crippen MR) is 72.6 cm³/mol. The van der Waals surface area contributed by atoms with Crippen molar-refractivity contribution in [3.8, 4) is 5.88 Å². The average molecular weight is 280 g/mol. The number of nitrogens with zero attached hydrogens (tertiary/aromatic N) is 1. The summed E-state index contributed by atoms with van der Waals surface area (Å²) in [6.07, 6.45) is -0.869. The first-order chi connectivity index (χ1) is 9.60. The standard InChI is InChI=1S/C12H16N4O4/c1-15-8-2-3-10-9(4-8)11(16-20-10)18-5-7(13)6-19-12(14)17/h2-4,7,15H,5-6,13H2,1H3,(H2,14,17). The lowest BCUT2D eigenvalue weighted by Crippen LogP contribution is -2.34. The van der Waals surface area contributed by atoms with Crippen LogP contribution in [-0.2, 0) is 4.74 Å². The van der Waals surface area contributed by atoms with Gasteiger partial charge in [0.15, 0.2) is 5.58 Å². The summed E-state index contributed by atoms with van der Waals surface area (Å²) in [5.74, 6) is 0.339. The van der Waals surface area contributed by atoms with Crippen molar-refractivity contribution in [2.24, 2.45) is 11.5 Å². The van der Waals surface area contributed by atoms with Crippen LogP contribution < -0.4 is 21.5 Å². The molecule has 0 saturated carbocycles. The quantitative estimate of drug-likeness (QED) is 0.709. The third kappa shape index (κ3) is 3.29. The van der Waals surface area contributed by atoms with Gasteiger partial charge in [0.2, 0.25) is 0 Å². The molecule has 0 bridgehead atoms. The Balaban J connectivity index is 2.00. The van der Waals surface area contributed by atoms with E-state index in [2.05, 4.69) is 15.2 Å². The molecule has 0 aliphatic rings. The van der Waals surface area contributed by atoms with Gasteiger partial charge in [-0.25, -0.2) is 4.79 Å². The van der Waals surface area contributed by atoms with Gasteiger partial charge in [-0.15, -0.1) is 0 Å². The van der Waals surface area contributed by atoms with Gasteiger partial charge in [-0.2, -0.15) is 0 Å². The molecule has 0 aliphatic carbocycles. The monoisotopic (exact) mass is 280 g/mol. The van der Waals surface area contributed by atoms with Gasteiger partial charge in [-0.05, 0) is 23.4 Å². The van der Waals surface area contributed by atoms with Crippen molar-refractivity contribution in [1.29, 1.82) is 0 Å². The molecule has 8 nitrogen and oxygen atoms in total. The highest BCUT2D eigenvalue weighted by Crippen LogP contribution is 2.27. The highest BCUT2D eigenvalue weighted by molar-refractivity contribution is 5.85. The number of ether oxygens (including phenoxy) is 2. The molecule has 20 heavy (non-hydrogen) atoms. The van der Waals surface area contributed by atoms with E-state index in [1.54, 1.807) is 6.07 Å². The number of rotatable bonds is 6. The summed E-state index contributed by atoms with van der Waals surface area (Å²) in [6, 6.07) is 5.01. The second kappa shape index (κ2) is 6.11. The van der Waals surface area contributed by atoms with Crippen molar-refractivity contribution in [1.82, 2.24) is 5.16 Å². The van der Waals surface area contributed by atoms with Crippen molar-refractivity contribution in [3.05, 3.63) is 18.2 Å². The van der Waals surface area contributed by atoms with E-state index in [1.807, 2.05) is 19.2 Å². The summed E-state index contributed by atoms with van der Waals surface area (Å²) in [4.78, 5) is 10.5. The van der Waals surface area contributed by atoms with Crippen LogP contribution in [0.25, 0.3) is 11.0 Å². The van der Waals surface area contributed by atoms with Crippen molar-refractivity contribution in [2.75, 3.05) is 25.6 Å². The zero-order valence-corrected chi connectivity index (χ0v) is 11.0. The van der Waals surface area contributed by atoms with E-state index in [4.69, 9.17) is 20.7 Å². The molecule has 0 spiro atoms. The van der Waals surface area contributed by atoms with Gasteiger partial charge in [-0.1, -0.05) is 0 Å². The molecular formula is C12H16N4O4. The zero-order chi connectivity index (χ0) is 14.5. The number of aromatic nitrogens is 1. The van der Waals surface area contributed by atoms with Crippen molar-refractivity contribution in [2.45, 2.75) is 6.04 Å². The highest BCUT2D eigenvalue weighted by atomic mass is 16.6. The number of fused-ring (bicyclic) bond motifs is 1. The average Bonchev–Trinajstić information content (AvgIpc) is 2.85. The van der Waals surface area contributed by atoms with Crippen LogP contribution in [0.5, 0.6) is 5.88 Å². The number of nitrogens with one attached hydrogen (secondary N) is 1. The fourth-order valence-corrected chi connectivity index (χ4v) is 1.60. The Morgan fingerprint density at radius 3 is 3.00 bits per heavy atom. The summed E-state index contributed by atoms with van der Waals surface area (Å²) in [5, 5.41) is 7.57. The molecule has 0 aliphatic heterocycles. The van der Waals surface area contributed by atoms with Crippen LogP contribution in [-0.4, -0.2) is 37.6 Å². The molecule has 2 rings (SSSR count). The second-order valence-corrected chi connectivity index (χ2v) is 4.15. The minimum atomic E-state index is -0.869. The Bertz CT molecular complexity index is 598. The lowest BCUT2D eigenvalue weighted by Gasteiger charge is -2.11. The van der Waals surface area contributed by atoms with Crippen molar-refractivity contribution < 1.29 is 18.8 Å². The maximum Gasteiger partial charge on any atom is 0.404 e. The Hall–Kier alpha value is -2.48. The fraction of sp³-hybridized carbons (Fsp3) is 0.333. The molecule has 108 valence electrons. The molecule has 1 unspecified atom stereocenters.